The molecule has 0 bridgehead atoms. The fourth-order valence-corrected chi connectivity index (χ4v) is 6.18. The number of hydrogen-bond acceptors (Lipinski definition) is 7. The van der Waals surface area contributed by atoms with Crippen molar-refractivity contribution in [3.63, 3.8) is 0 Å². The van der Waals surface area contributed by atoms with Crippen molar-refractivity contribution in [2.75, 3.05) is 4.72 Å². The number of pyridine rings is 1. The molecular formula is C24H21F3N4O5S2. The summed E-state index contributed by atoms with van der Waals surface area (Å²) in [5, 5.41) is 15.3. The molecule has 14 heteroatoms. The second-order valence-corrected chi connectivity index (χ2v) is 11.3. The first-order chi connectivity index (χ1) is 18.0. The normalized spacial score (nSPS) is 18.0. The van der Waals surface area contributed by atoms with E-state index in [1.807, 2.05) is 17.5 Å². The van der Waals surface area contributed by atoms with Gasteiger partial charge >= 0.3 is 6.36 Å². The molecule has 38 heavy (non-hydrogen) atoms. The van der Waals surface area contributed by atoms with Crippen LogP contribution in [0, 0.1) is 0 Å². The van der Waals surface area contributed by atoms with E-state index in [1.54, 1.807) is 0 Å². The van der Waals surface area contributed by atoms with E-state index in [0.29, 0.717) is 29.4 Å². The number of aliphatic hydroxyl groups excluding tert-OH is 1. The third-order valence-corrected chi connectivity index (χ3v) is 8.35. The first-order valence-corrected chi connectivity index (χ1v) is 13.8. The Morgan fingerprint density at radius 1 is 1.18 bits per heavy atom. The highest BCUT2D eigenvalue weighted by Gasteiger charge is 2.31. The number of aromatic nitrogens is 2. The van der Waals surface area contributed by atoms with Gasteiger partial charge in [-0.15, -0.1) is 24.5 Å². The van der Waals surface area contributed by atoms with Crippen molar-refractivity contribution in [2.45, 2.75) is 42.7 Å². The molecule has 4 aromatic rings. The fraction of sp³-hybridized carbons (Fsp3) is 0.250. The summed E-state index contributed by atoms with van der Waals surface area (Å²) in [5.74, 6) is -0.968. The number of aromatic amines is 1. The number of amides is 1. The number of aliphatic hydroxyl groups is 1. The third-order valence-electron chi connectivity index (χ3n) is 6.06. The van der Waals surface area contributed by atoms with Crippen LogP contribution in [-0.4, -0.2) is 47.9 Å². The smallest absolute Gasteiger partial charge is 0.406 e. The van der Waals surface area contributed by atoms with E-state index in [9.17, 15) is 31.5 Å². The zero-order valence-electron chi connectivity index (χ0n) is 19.4. The topological polar surface area (TPSA) is 133 Å². The molecule has 2 unspecified atom stereocenters. The van der Waals surface area contributed by atoms with Crippen LogP contribution in [0.1, 0.15) is 29.8 Å². The van der Waals surface area contributed by atoms with Gasteiger partial charge in [0, 0.05) is 15.8 Å². The Balaban J connectivity index is 1.46. The Morgan fingerprint density at radius 3 is 2.58 bits per heavy atom. The molecule has 1 aliphatic carbocycles. The maximum atomic E-state index is 13.2. The maximum Gasteiger partial charge on any atom is 0.573 e. The molecule has 0 saturated heterocycles. The Bertz CT molecular complexity index is 1570. The number of rotatable bonds is 7. The van der Waals surface area contributed by atoms with E-state index in [4.69, 9.17) is 0 Å². The number of nitrogens with one attached hydrogen (secondary N) is 3. The third kappa shape index (κ3) is 5.47. The molecule has 1 aromatic carbocycles. The minimum atomic E-state index is -4.90. The van der Waals surface area contributed by atoms with Crippen LogP contribution in [0.15, 0.2) is 58.9 Å². The molecule has 9 nitrogen and oxygen atoms in total. The van der Waals surface area contributed by atoms with Crippen molar-refractivity contribution in [3.05, 3.63) is 59.7 Å². The maximum absolute atomic E-state index is 13.2. The van der Waals surface area contributed by atoms with Crippen molar-refractivity contribution >= 4 is 44.0 Å². The molecule has 2 atom stereocenters. The zero-order valence-corrected chi connectivity index (χ0v) is 21.1. The van der Waals surface area contributed by atoms with Gasteiger partial charge in [-0.3, -0.25) is 9.52 Å². The summed E-state index contributed by atoms with van der Waals surface area (Å²) >= 11 is 1.38. The average molecular weight is 567 g/mol. The van der Waals surface area contributed by atoms with Gasteiger partial charge in [-0.25, -0.2) is 13.4 Å². The van der Waals surface area contributed by atoms with E-state index < -0.39 is 34.1 Å². The second-order valence-electron chi connectivity index (χ2n) is 8.68. The molecule has 0 spiro atoms. The summed E-state index contributed by atoms with van der Waals surface area (Å²) in [7, 11) is -4.18. The van der Waals surface area contributed by atoms with Gasteiger partial charge in [-0.2, -0.15) is 0 Å². The summed E-state index contributed by atoms with van der Waals surface area (Å²) < 4.78 is 69.1. The number of ether oxygens (including phenoxy) is 1. The highest BCUT2D eigenvalue weighted by atomic mass is 32.2. The van der Waals surface area contributed by atoms with Gasteiger partial charge in [0.2, 0.25) is 0 Å². The molecule has 1 amide bonds. The van der Waals surface area contributed by atoms with E-state index in [0.717, 1.165) is 35.6 Å². The van der Waals surface area contributed by atoms with Gasteiger partial charge in [0.25, 0.3) is 15.9 Å². The summed E-state index contributed by atoms with van der Waals surface area (Å²) in [5.41, 5.74) is 1.20. The number of thiophene rings is 1. The standard InChI is InChI=1S/C24H21F3N4O5S2/c25-24(26,27)36-14-6-8-15(9-7-14)38(34,35)31-13-11-16-20(19-5-2-10-37-19)21(30-22(16)28-12-13)23(33)29-17-3-1-4-18(17)32/h2,5-12,17-18,31-32H,1,3-4H2,(H,28,30)(H,29,33). The number of sulfonamides is 1. The van der Waals surface area contributed by atoms with Crippen LogP contribution >= 0.6 is 11.3 Å². The number of fused-ring (bicyclic) bond motifs is 1. The van der Waals surface area contributed by atoms with Crippen molar-refractivity contribution in [3.8, 4) is 16.2 Å². The lowest BCUT2D eigenvalue weighted by molar-refractivity contribution is -0.274. The molecule has 1 aliphatic rings. The molecule has 200 valence electrons. The number of carbonyl (C=O) groups is 1. The molecule has 1 saturated carbocycles. The van der Waals surface area contributed by atoms with Crippen molar-refractivity contribution in [2.24, 2.45) is 0 Å². The van der Waals surface area contributed by atoms with Crippen LogP contribution in [-0.2, 0) is 10.0 Å². The van der Waals surface area contributed by atoms with Crippen molar-refractivity contribution in [1.82, 2.24) is 15.3 Å². The van der Waals surface area contributed by atoms with E-state index >= 15 is 0 Å². The Kier molecular flexibility index (Phi) is 6.79. The first-order valence-electron chi connectivity index (χ1n) is 11.4. The second kappa shape index (κ2) is 9.93. The van der Waals surface area contributed by atoms with Gasteiger partial charge in [0.1, 0.15) is 17.1 Å². The van der Waals surface area contributed by atoms with Crippen LogP contribution in [0.5, 0.6) is 5.75 Å². The average Bonchev–Trinajstić information content (AvgIpc) is 3.58. The number of hydrogen-bond donors (Lipinski definition) is 4. The molecule has 0 aliphatic heterocycles. The molecule has 5 rings (SSSR count). The lowest BCUT2D eigenvalue weighted by Gasteiger charge is -2.16. The minimum absolute atomic E-state index is 0.0862. The number of nitrogens with zero attached hydrogens (tertiary/aromatic N) is 1. The van der Waals surface area contributed by atoms with E-state index in [2.05, 4.69) is 24.7 Å². The highest BCUT2D eigenvalue weighted by molar-refractivity contribution is 7.92. The fourth-order valence-electron chi connectivity index (χ4n) is 4.36. The van der Waals surface area contributed by atoms with E-state index in [-0.39, 0.29) is 22.3 Å². The van der Waals surface area contributed by atoms with Gasteiger partial charge in [0.05, 0.1) is 28.9 Å². The summed E-state index contributed by atoms with van der Waals surface area (Å²) in [6.07, 6.45) is -2.18. The van der Waals surface area contributed by atoms with Gasteiger partial charge in [-0.05, 0) is 61.0 Å². The Morgan fingerprint density at radius 2 is 1.95 bits per heavy atom. The molecular weight excluding hydrogens is 545 g/mol. The van der Waals surface area contributed by atoms with Crippen LogP contribution in [0.4, 0.5) is 18.9 Å². The molecule has 3 heterocycles. The minimum Gasteiger partial charge on any atom is -0.406 e. The van der Waals surface area contributed by atoms with Crippen LogP contribution < -0.4 is 14.8 Å². The summed E-state index contributed by atoms with van der Waals surface area (Å²) in [4.78, 5) is 20.9. The quantitative estimate of drug-likeness (QED) is 0.258. The monoisotopic (exact) mass is 566 g/mol. The highest BCUT2D eigenvalue weighted by Crippen LogP contribution is 2.36. The summed E-state index contributed by atoms with van der Waals surface area (Å²) in [6.45, 7) is 0. The predicted molar refractivity (Wildman–Crippen MR) is 134 cm³/mol. The van der Waals surface area contributed by atoms with Crippen LogP contribution in [0.25, 0.3) is 21.5 Å². The van der Waals surface area contributed by atoms with Gasteiger partial charge < -0.3 is 20.1 Å². The van der Waals surface area contributed by atoms with Crippen LogP contribution in [0.3, 0.4) is 0 Å². The van der Waals surface area contributed by atoms with Crippen LogP contribution in [0.2, 0.25) is 0 Å². The number of halogens is 3. The SMILES string of the molecule is O=C(NC1CCCC1O)c1[nH]c2ncc(NS(=O)(=O)c3ccc(OC(F)(F)F)cc3)cc2c1-c1cccs1. The lowest BCUT2D eigenvalue weighted by Crippen LogP contribution is -2.40. The van der Waals surface area contributed by atoms with Gasteiger partial charge in [-0.1, -0.05) is 6.07 Å². The molecule has 0 radical (unpaired) electrons. The Labute approximate surface area is 218 Å². The van der Waals surface area contributed by atoms with E-state index in [1.165, 1.54) is 23.6 Å². The number of benzene rings is 1. The van der Waals surface area contributed by atoms with Gasteiger partial charge in [0.15, 0.2) is 0 Å². The Hall–Kier alpha value is -3.62. The van der Waals surface area contributed by atoms with Crippen molar-refractivity contribution in [1.29, 1.82) is 0 Å². The summed E-state index contributed by atoms with van der Waals surface area (Å²) in [6, 6.07) is 8.56. The molecule has 1 fully saturated rings. The molecule has 3 aromatic heterocycles. The number of carbonyl (C=O) groups excluding carboxylic acids is 1. The first kappa shape index (κ1) is 26.0. The predicted octanol–water partition coefficient (Wildman–Crippen LogP) is 4.63. The number of anilines is 1. The van der Waals surface area contributed by atoms with Crippen molar-refractivity contribution < 1.29 is 36.2 Å². The number of alkyl halides is 3. The molecule has 4 N–H and O–H groups in total. The lowest BCUT2D eigenvalue weighted by atomic mass is 10.1. The zero-order chi connectivity index (χ0) is 27.1. The number of H-pyrrole nitrogens is 1. The largest absolute Gasteiger partial charge is 0.573 e.